The first-order chi connectivity index (χ1) is 19.9. The standard InChI is InChI=1S/C31H47N5O6/c1-21(2)17-26(28(39)33-24(20-37)18-23-11-14-32-27(23)38)34-29(40)36(19-22-9-7-6-8-10-22)25-12-15-35(16-13-25)30(41)42-31(3,4)5/h6-10,20-21,23-26H,11-19H2,1-5H3,(H,32,38)(H,33,39)(H,34,40)/t23-,24-,26-/m0/s1. The van der Waals surface area contributed by atoms with E-state index in [1.54, 1.807) is 9.80 Å². The molecule has 3 N–H and O–H groups in total. The molecule has 0 bridgehead atoms. The molecule has 11 heteroatoms. The highest BCUT2D eigenvalue weighted by Crippen LogP contribution is 2.22. The number of carbonyl (C=O) groups is 5. The summed E-state index contributed by atoms with van der Waals surface area (Å²) in [6.07, 6.45) is 2.63. The van der Waals surface area contributed by atoms with Crippen molar-refractivity contribution in [2.75, 3.05) is 19.6 Å². The van der Waals surface area contributed by atoms with Gasteiger partial charge in [0.15, 0.2) is 0 Å². The third-order valence-electron chi connectivity index (χ3n) is 7.53. The number of nitrogens with one attached hydrogen (secondary N) is 3. The number of rotatable bonds is 11. The second kappa shape index (κ2) is 15.0. The summed E-state index contributed by atoms with van der Waals surface area (Å²) < 4.78 is 5.52. The Hall–Kier alpha value is -3.63. The van der Waals surface area contributed by atoms with Gasteiger partial charge in [0.2, 0.25) is 11.8 Å². The van der Waals surface area contributed by atoms with Gasteiger partial charge < -0.3 is 35.3 Å². The predicted molar refractivity (Wildman–Crippen MR) is 158 cm³/mol. The van der Waals surface area contributed by atoms with Crippen LogP contribution in [0.2, 0.25) is 0 Å². The van der Waals surface area contributed by atoms with Crippen LogP contribution in [0.4, 0.5) is 9.59 Å². The lowest BCUT2D eigenvalue weighted by Crippen LogP contribution is -2.56. The maximum absolute atomic E-state index is 13.8. The van der Waals surface area contributed by atoms with Crippen LogP contribution < -0.4 is 16.0 Å². The molecule has 11 nitrogen and oxygen atoms in total. The summed E-state index contributed by atoms with van der Waals surface area (Å²) in [4.78, 5) is 67.0. The molecule has 0 unspecified atom stereocenters. The van der Waals surface area contributed by atoms with Crippen molar-refractivity contribution in [2.24, 2.45) is 11.8 Å². The van der Waals surface area contributed by atoms with E-state index in [-0.39, 0.29) is 42.3 Å². The Morgan fingerprint density at radius 3 is 2.31 bits per heavy atom. The molecular formula is C31H47N5O6. The normalized spacial score (nSPS) is 19.0. The highest BCUT2D eigenvalue weighted by molar-refractivity contribution is 5.89. The van der Waals surface area contributed by atoms with Gasteiger partial charge in [0.25, 0.3) is 0 Å². The SMILES string of the molecule is CC(C)C[C@H](NC(=O)N(Cc1ccccc1)C1CCN(C(=O)OC(C)(C)C)CC1)C(=O)N[C@H](C=O)C[C@@H]1CCNC1=O. The van der Waals surface area contributed by atoms with Crippen LogP contribution in [0, 0.1) is 11.8 Å². The second-order valence-corrected chi connectivity index (χ2v) is 12.7. The summed E-state index contributed by atoms with van der Waals surface area (Å²) in [6.45, 7) is 11.2. The molecule has 1 aromatic rings. The van der Waals surface area contributed by atoms with Gasteiger partial charge in [0, 0.05) is 38.1 Å². The van der Waals surface area contributed by atoms with E-state index in [9.17, 15) is 24.0 Å². The van der Waals surface area contributed by atoms with Crippen molar-refractivity contribution in [1.29, 1.82) is 0 Å². The monoisotopic (exact) mass is 585 g/mol. The highest BCUT2D eigenvalue weighted by Gasteiger charge is 2.34. The number of aldehydes is 1. The van der Waals surface area contributed by atoms with Crippen molar-refractivity contribution in [1.82, 2.24) is 25.8 Å². The van der Waals surface area contributed by atoms with Crippen LogP contribution in [0.3, 0.4) is 0 Å². The molecule has 2 fully saturated rings. The van der Waals surface area contributed by atoms with Gasteiger partial charge in [-0.25, -0.2) is 9.59 Å². The zero-order valence-corrected chi connectivity index (χ0v) is 25.6. The van der Waals surface area contributed by atoms with Crippen LogP contribution >= 0.6 is 0 Å². The number of piperidine rings is 1. The lowest BCUT2D eigenvalue weighted by atomic mass is 9.98. The minimum atomic E-state index is -0.863. The first-order valence-electron chi connectivity index (χ1n) is 15.0. The topological polar surface area (TPSA) is 137 Å². The Labute approximate surface area is 249 Å². The van der Waals surface area contributed by atoms with Gasteiger partial charge in [-0.1, -0.05) is 44.2 Å². The molecule has 232 valence electrons. The average molecular weight is 586 g/mol. The number of hydrogen-bond donors (Lipinski definition) is 3. The second-order valence-electron chi connectivity index (χ2n) is 12.7. The number of hydrogen-bond acceptors (Lipinski definition) is 6. The smallest absolute Gasteiger partial charge is 0.410 e. The van der Waals surface area contributed by atoms with E-state index in [0.29, 0.717) is 58.1 Å². The van der Waals surface area contributed by atoms with Crippen molar-refractivity contribution in [3.63, 3.8) is 0 Å². The molecule has 42 heavy (non-hydrogen) atoms. The van der Waals surface area contributed by atoms with Crippen molar-refractivity contribution in [3.05, 3.63) is 35.9 Å². The first kappa shape index (κ1) is 32.9. The molecule has 0 spiro atoms. The van der Waals surface area contributed by atoms with Gasteiger partial charge in [0.05, 0.1) is 6.04 Å². The summed E-state index contributed by atoms with van der Waals surface area (Å²) in [5.74, 6) is -0.799. The summed E-state index contributed by atoms with van der Waals surface area (Å²) in [5, 5.41) is 8.44. The van der Waals surface area contributed by atoms with Crippen LogP contribution in [0.25, 0.3) is 0 Å². The van der Waals surface area contributed by atoms with Crippen LogP contribution in [0.1, 0.15) is 72.3 Å². The number of benzene rings is 1. The van der Waals surface area contributed by atoms with Crippen LogP contribution in [-0.4, -0.2) is 83.4 Å². The van der Waals surface area contributed by atoms with Crippen molar-refractivity contribution in [3.8, 4) is 0 Å². The van der Waals surface area contributed by atoms with Gasteiger partial charge in [-0.2, -0.15) is 0 Å². The quantitative estimate of drug-likeness (QED) is 0.341. The van der Waals surface area contributed by atoms with E-state index in [1.807, 2.05) is 65.0 Å². The summed E-state index contributed by atoms with van der Waals surface area (Å²) in [5.41, 5.74) is 0.355. The van der Waals surface area contributed by atoms with Crippen molar-refractivity contribution >= 4 is 30.2 Å². The molecular weight excluding hydrogens is 538 g/mol. The molecule has 5 amide bonds. The molecule has 1 aromatic carbocycles. The number of urea groups is 1. The Morgan fingerprint density at radius 2 is 1.76 bits per heavy atom. The van der Waals surface area contributed by atoms with Crippen molar-refractivity contribution in [2.45, 2.75) is 97.0 Å². The van der Waals surface area contributed by atoms with Gasteiger partial charge in [-0.05, 0) is 64.4 Å². The lowest BCUT2D eigenvalue weighted by molar-refractivity contribution is -0.127. The number of amides is 5. The molecule has 3 rings (SSSR count). The maximum Gasteiger partial charge on any atom is 0.410 e. The van der Waals surface area contributed by atoms with Crippen molar-refractivity contribution < 1.29 is 28.7 Å². The van der Waals surface area contributed by atoms with Crippen LogP contribution in [-0.2, 0) is 25.7 Å². The molecule has 2 saturated heterocycles. The number of nitrogens with zero attached hydrogens (tertiary/aromatic N) is 2. The Bertz CT molecular complexity index is 1080. The summed E-state index contributed by atoms with van der Waals surface area (Å²) >= 11 is 0. The van der Waals surface area contributed by atoms with Gasteiger partial charge in [-0.3, -0.25) is 9.59 Å². The zero-order chi connectivity index (χ0) is 30.9. The van der Waals surface area contributed by atoms with Gasteiger partial charge >= 0.3 is 12.1 Å². The molecule has 0 radical (unpaired) electrons. The fourth-order valence-corrected chi connectivity index (χ4v) is 5.38. The Morgan fingerprint density at radius 1 is 1.10 bits per heavy atom. The number of ether oxygens (including phenoxy) is 1. The minimum Gasteiger partial charge on any atom is -0.444 e. The van der Waals surface area contributed by atoms with E-state index in [4.69, 9.17) is 4.74 Å². The lowest BCUT2D eigenvalue weighted by Gasteiger charge is -2.39. The van der Waals surface area contributed by atoms with E-state index >= 15 is 0 Å². The van der Waals surface area contributed by atoms with E-state index < -0.39 is 23.6 Å². The summed E-state index contributed by atoms with van der Waals surface area (Å²) in [6, 6.07) is 7.40. The maximum atomic E-state index is 13.8. The molecule has 0 aliphatic carbocycles. The van der Waals surface area contributed by atoms with E-state index in [2.05, 4.69) is 16.0 Å². The van der Waals surface area contributed by atoms with E-state index in [1.165, 1.54) is 0 Å². The summed E-state index contributed by atoms with van der Waals surface area (Å²) in [7, 11) is 0. The fourth-order valence-electron chi connectivity index (χ4n) is 5.38. The average Bonchev–Trinajstić information content (AvgIpc) is 3.34. The van der Waals surface area contributed by atoms with Crippen LogP contribution in [0.5, 0.6) is 0 Å². The molecule has 3 atom stereocenters. The molecule has 0 saturated carbocycles. The molecule has 2 aliphatic rings. The Balaban J connectivity index is 1.71. The van der Waals surface area contributed by atoms with Gasteiger partial charge in [-0.15, -0.1) is 0 Å². The zero-order valence-electron chi connectivity index (χ0n) is 25.6. The fraction of sp³-hybridized carbons (Fsp3) is 0.645. The highest BCUT2D eigenvalue weighted by atomic mass is 16.6. The number of likely N-dealkylation sites (tertiary alicyclic amines) is 1. The van der Waals surface area contributed by atoms with Crippen LogP contribution in [0.15, 0.2) is 30.3 Å². The minimum absolute atomic E-state index is 0.0935. The van der Waals surface area contributed by atoms with Gasteiger partial charge in [0.1, 0.15) is 17.9 Å². The number of carbonyl (C=O) groups excluding carboxylic acids is 5. The molecule has 2 heterocycles. The Kier molecular flexibility index (Phi) is 11.8. The predicted octanol–water partition coefficient (Wildman–Crippen LogP) is 3.22. The first-order valence-corrected chi connectivity index (χ1v) is 15.0. The molecule has 2 aliphatic heterocycles. The third kappa shape index (κ3) is 10.0. The largest absolute Gasteiger partial charge is 0.444 e. The molecule has 0 aromatic heterocycles. The van der Waals surface area contributed by atoms with E-state index in [0.717, 1.165) is 5.56 Å². The third-order valence-corrected chi connectivity index (χ3v) is 7.53.